The number of aryl methyl sites for hydroxylation is 1. The summed E-state index contributed by atoms with van der Waals surface area (Å²) in [5.41, 5.74) is -3.42. The van der Waals surface area contributed by atoms with Crippen molar-refractivity contribution in [1.29, 1.82) is 5.26 Å². The molecule has 1 aromatic carbocycles. The minimum atomic E-state index is -4.85. The van der Waals surface area contributed by atoms with Crippen molar-refractivity contribution in [3.8, 4) is 11.8 Å². The second kappa shape index (κ2) is 8.63. The van der Waals surface area contributed by atoms with E-state index in [1.165, 1.54) is 22.9 Å². The van der Waals surface area contributed by atoms with Crippen molar-refractivity contribution >= 4 is 33.3 Å². The van der Waals surface area contributed by atoms with Crippen LogP contribution in [0.3, 0.4) is 0 Å². The SMILES string of the molecule is Cc1nnnn1-c1ccc(S(=O)(=O)[C@@H]2C[C@@H](C(=O)NC3(C#N)CC3)N(C(=O)C3(C(F)(F)F)CC3)C2)c(Cl)c1. The third kappa shape index (κ3) is 4.19. The van der Waals surface area contributed by atoms with Crippen molar-refractivity contribution in [3.63, 3.8) is 0 Å². The predicted octanol–water partition coefficient (Wildman–Crippen LogP) is 1.88. The van der Waals surface area contributed by atoms with Crippen molar-refractivity contribution in [2.75, 3.05) is 6.54 Å². The lowest BCUT2D eigenvalue weighted by molar-refractivity contribution is -0.199. The average Bonchev–Trinajstić information content (AvgIpc) is 3.73. The van der Waals surface area contributed by atoms with Crippen molar-refractivity contribution < 1.29 is 31.2 Å². The summed E-state index contributed by atoms with van der Waals surface area (Å²) in [5, 5.41) is 21.3. The molecule has 0 unspecified atom stereocenters. The first-order valence-electron chi connectivity index (χ1n) is 11.6. The van der Waals surface area contributed by atoms with Crippen LogP contribution in [0.15, 0.2) is 23.1 Å². The highest BCUT2D eigenvalue weighted by Gasteiger charge is 2.70. The van der Waals surface area contributed by atoms with Crippen LogP contribution in [0, 0.1) is 23.7 Å². The number of nitrogens with one attached hydrogen (secondary N) is 1. The Morgan fingerprint density at radius 1 is 1.24 bits per heavy atom. The monoisotopic (exact) mass is 571 g/mol. The van der Waals surface area contributed by atoms with Crippen LogP contribution in [-0.4, -0.2) is 74.9 Å². The normalized spacial score (nSPS) is 23.5. The van der Waals surface area contributed by atoms with Crippen molar-refractivity contribution in [1.82, 2.24) is 30.4 Å². The number of rotatable bonds is 6. The zero-order chi connectivity index (χ0) is 27.7. The smallest absolute Gasteiger partial charge is 0.336 e. The largest absolute Gasteiger partial charge is 0.403 e. The number of tetrazole rings is 1. The van der Waals surface area contributed by atoms with Crippen molar-refractivity contribution in [2.24, 2.45) is 5.41 Å². The van der Waals surface area contributed by atoms with Crippen LogP contribution in [0.1, 0.15) is 37.9 Å². The van der Waals surface area contributed by atoms with Gasteiger partial charge in [-0.3, -0.25) is 9.59 Å². The van der Waals surface area contributed by atoms with E-state index in [0.29, 0.717) is 29.3 Å². The van der Waals surface area contributed by atoms with Gasteiger partial charge in [0.25, 0.3) is 0 Å². The zero-order valence-corrected chi connectivity index (χ0v) is 21.4. The molecule has 0 radical (unpaired) electrons. The molecule has 2 amide bonds. The molecule has 0 spiro atoms. The number of nitriles is 1. The first-order valence-corrected chi connectivity index (χ1v) is 13.6. The van der Waals surface area contributed by atoms with Gasteiger partial charge < -0.3 is 10.2 Å². The van der Waals surface area contributed by atoms with Gasteiger partial charge in [0.15, 0.2) is 15.7 Å². The highest BCUT2D eigenvalue weighted by atomic mass is 35.5. The molecular formula is C22H21ClF3N7O4S. The highest BCUT2D eigenvalue weighted by molar-refractivity contribution is 7.92. The van der Waals surface area contributed by atoms with E-state index < -0.39 is 75.9 Å². The number of likely N-dealkylation sites (tertiary alicyclic amines) is 1. The van der Waals surface area contributed by atoms with Crippen LogP contribution in [0.25, 0.3) is 5.69 Å². The minimum absolute atomic E-state index is 0.182. The third-order valence-electron chi connectivity index (χ3n) is 7.39. The number of hydrogen-bond donors (Lipinski definition) is 1. The van der Waals surface area contributed by atoms with Gasteiger partial charge >= 0.3 is 6.18 Å². The number of amides is 2. The molecule has 11 nitrogen and oxygen atoms in total. The fourth-order valence-electron chi connectivity index (χ4n) is 4.72. The Balaban J connectivity index is 1.46. The van der Waals surface area contributed by atoms with Crippen LogP contribution in [0.5, 0.6) is 0 Å². The quantitative estimate of drug-likeness (QED) is 0.552. The van der Waals surface area contributed by atoms with Gasteiger partial charge in [0.05, 0.1) is 26.9 Å². The molecule has 3 aliphatic rings. The first-order chi connectivity index (χ1) is 17.7. The summed E-state index contributed by atoms with van der Waals surface area (Å²) in [6, 6.07) is 4.42. The molecule has 2 aliphatic carbocycles. The number of benzene rings is 1. The minimum Gasteiger partial charge on any atom is -0.336 e. The molecule has 2 aromatic rings. The van der Waals surface area contributed by atoms with Gasteiger partial charge in [0.1, 0.15) is 17.0 Å². The molecule has 2 heterocycles. The van der Waals surface area contributed by atoms with E-state index in [1.54, 1.807) is 6.92 Å². The van der Waals surface area contributed by atoms with E-state index in [0.717, 1.165) is 0 Å². The molecule has 1 aliphatic heterocycles. The number of nitrogens with zero attached hydrogens (tertiary/aromatic N) is 6. The summed E-state index contributed by atoms with van der Waals surface area (Å²) < 4.78 is 69.8. The standard InChI is InChI=1S/C22H21ClF3N7O4S/c1-12-29-30-31-33(12)13-2-3-17(15(23)8-13)38(36,37)14-9-16(18(34)28-20(11-27)4-5-20)32(10-14)19(35)21(6-7-21)22(24,25)26/h2-3,8,14,16H,4-7,9-10H2,1H3,(H,28,34)/t14-,16+/m1/s1. The lowest BCUT2D eigenvalue weighted by atomic mass is 10.0. The molecule has 0 bridgehead atoms. The number of hydrogen-bond acceptors (Lipinski definition) is 8. The summed E-state index contributed by atoms with van der Waals surface area (Å²) in [7, 11) is -4.31. The summed E-state index contributed by atoms with van der Waals surface area (Å²) in [6.45, 7) is 1.00. The Morgan fingerprint density at radius 2 is 1.92 bits per heavy atom. The summed E-state index contributed by atoms with van der Waals surface area (Å²) in [6.07, 6.45) is -5.47. The van der Waals surface area contributed by atoms with E-state index in [9.17, 15) is 36.4 Å². The number of carbonyl (C=O) groups is 2. The van der Waals surface area contributed by atoms with E-state index in [-0.39, 0.29) is 9.92 Å². The summed E-state index contributed by atoms with van der Waals surface area (Å²) in [5.74, 6) is -1.77. The Morgan fingerprint density at radius 3 is 2.42 bits per heavy atom. The van der Waals surface area contributed by atoms with Crippen LogP contribution < -0.4 is 5.32 Å². The number of aromatic nitrogens is 4. The molecule has 1 saturated heterocycles. The van der Waals surface area contributed by atoms with Crippen molar-refractivity contribution in [2.45, 2.75) is 66.9 Å². The van der Waals surface area contributed by atoms with Gasteiger partial charge in [-0.1, -0.05) is 11.6 Å². The summed E-state index contributed by atoms with van der Waals surface area (Å²) >= 11 is 6.31. The highest BCUT2D eigenvalue weighted by Crippen LogP contribution is 2.59. The number of alkyl halides is 3. The number of halogens is 4. The topological polar surface area (TPSA) is 151 Å². The van der Waals surface area contributed by atoms with Crippen molar-refractivity contribution in [3.05, 3.63) is 29.0 Å². The molecule has 5 rings (SSSR count). The van der Waals surface area contributed by atoms with E-state index in [2.05, 4.69) is 20.8 Å². The molecule has 1 N–H and O–H groups in total. The Kier molecular flexibility index (Phi) is 5.99. The zero-order valence-electron chi connectivity index (χ0n) is 19.9. The van der Waals surface area contributed by atoms with Gasteiger partial charge in [-0.05, 0) is 67.7 Å². The Hall–Kier alpha value is -3.25. The summed E-state index contributed by atoms with van der Waals surface area (Å²) in [4.78, 5) is 26.6. The predicted molar refractivity (Wildman–Crippen MR) is 123 cm³/mol. The maximum absolute atomic E-state index is 13.8. The average molecular weight is 572 g/mol. The second-order valence-corrected chi connectivity index (χ2v) is 12.5. The second-order valence-electron chi connectivity index (χ2n) is 9.89. The fraction of sp³-hybridized carbons (Fsp3) is 0.545. The Labute approximate surface area is 219 Å². The van der Waals surface area contributed by atoms with Gasteiger partial charge in [0, 0.05) is 6.54 Å². The van der Waals surface area contributed by atoms with E-state index in [4.69, 9.17) is 11.6 Å². The van der Waals surface area contributed by atoms with Gasteiger partial charge in [0.2, 0.25) is 11.8 Å². The molecule has 3 fully saturated rings. The molecule has 38 heavy (non-hydrogen) atoms. The first kappa shape index (κ1) is 26.4. The van der Waals surface area contributed by atoms with Crippen LogP contribution in [-0.2, 0) is 19.4 Å². The fourth-order valence-corrected chi connectivity index (χ4v) is 6.96. The van der Waals surface area contributed by atoms with E-state index >= 15 is 0 Å². The Bertz CT molecular complexity index is 1480. The number of sulfone groups is 1. The van der Waals surface area contributed by atoms with Crippen LogP contribution in [0.2, 0.25) is 5.02 Å². The molecule has 1 aromatic heterocycles. The molecular weight excluding hydrogens is 551 g/mol. The van der Waals surface area contributed by atoms with Crippen LogP contribution >= 0.6 is 11.6 Å². The maximum atomic E-state index is 13.8. The van der Waals surface area contributed by atoms with Gasteiger partial charge in [-0.25, -0.2) is 8.42 Å². The lowest BCUT2D eigenvalue weighted by Crippen LogP contribution is -2.53. The van der Waals surface area contributed by atoms with E-state index in [1.807, 2.05) is 6.07 Å². The molecule has 202 valence electrons. The molecule has 16 heteroatoms. The molecule has 2 atom stereocenters. The lowest BCUT2D eigenvalue weighted by Gasteiger charge is -2.29. The van der Waals surface area contributed by atoms with Gasteiger partial charge in [-0.2, -0.15) is 23.1 Å². The van der Waals surface area contributed by atoms with Gasteiger partial charge in [-0.15, -0.1) is 5.10 Å². The third-order valence-corrected chi connectivity index (χ3v) is 10.00. The molecule has 2 saturated carbocycles. The number of carbonyl (C=O) groups excluding carboxylic acids is 2. The van der Waals surface area contributed by atoms with Crippen LogP contribution in [0.4, 0.5) is 13.2 Å². The maximum Gasteiger partial charge on any atom is 0.403 e.